The molecule has 7 atom stereocenters. The summed E-state index contributed by atoms with van der Waals surface area (Å²) < 4.78 is 79.7. The summed E-state index contributed by atoms with van der Waals surface area (Å²) in [7, 11) is -0.901. The predicted molar refractivity (Wildman–Crippen MR) is 210 cm³/mol. The summed E-state index contributed by atoms with van der Waals surface area (Å²) in [4.78, 5) is 62.7. The van der Waals surface area contributed by atoms with E-state index in [0.717, 1.165) is 19.2 Å². The molecule has 2 aromatic rings. The minimum Gasteiger partial charge on any atom is -0.493 e. The predicted octanol–water partition coefficient (Wildman–Crippen LogP) is 6.17. The lowest BCUT2D eigenvalue weighted by Gasteiger charge is -2.34. The molecule has 2 aliphatic carbocycles. The van der Waals surface area contributed by atoms with Gasteiger partial charge in [0.05, 0.1) is 49.8 Å². The Morgan fingerprint density at radius 2 is 1.72 bits per heavy atom. The molecule has 16 heteroatoms. The first kappa shape index (κ1) is 43.2. The van der Waals surface area contributed by atoms with Gasteiger partial charge >= 0.3 is 5.97 Å². The molecule has 2 saturated carbocycles. The fourth-order valence-corrected chi connectivity index (χ4v) is 9.69. The molecular weight excluding hydrogens is 777 g/mol. The number of fused-ring (bicyclic) bond motifs is 3. The maximum Gasteiger partial charge on any atom is 0.307 e. The zero-order chi connectivity index (χ0) is 42.4. The molecule has 0 bridgehead atoms. The number of ketones is 1. The van der Waals surface area contributed by atoms with Crippen molar-refractivity contribution >= 4 is 44.4 Å². The number of nitrogens with one attached hydrogen (secondary N) is 1. The molecular formula is C42H55F2N3O10S. The van der Waals surface area contributed by atoms with Crippen LogP contribution in [-0.4, -0.2) is 91.6 Å². The second kappa shape index (κ2) is 16.4. The highest BCUT2D eigenvalue weighted by Crippen LogP contribution is 2.57. The summed E-state index contributed by atoms with van der Waals surface area (Å²) in [6.45, 7) is 6.64. The second-order valence-corrected chi connectivity index (χ2v) is 19.3. The van der Waals surface area contributed by atoms with Gasteiger partial charge in [0.15, 0.2) is 22.9 Å². The fourth-order valence-electron chi connectivity index (χ4n) is 8.31. The number of pyridine rings is 1. The number of carbonyl (C=O) groups is 4. The molecule has 2 amide bonds. The molecule has 1 aromatic carbocycles. The highest BCUT2D eigenvalue weighted by Gasteiger charge is 2.62. The fraction of sp³-hybridized carbons (Fsp3) is 0.643. The Kier molecular flexibility index (Phi) is 12.2. The van der Waals surface area contributed by atoms with E-state index >= 15 is 0 Å². The number of rotatable bonds is 11. The normalized spacial score (nSPS) is 29.0. The number of ether oxygens (including phenoxy) is 4. The van der Waals surface area contributed by atoms with Crippen molar-refractivity contribution in [3.8, 4) is 17.4 Å². The average molecular weight is 832 g/mol. The average Bonchev–Trinajstić information content (AvgIpc) is 4.07. The molecule has 2 aliphatic heterocycles. The Hall–Kier alpha value is -4.34. The van der Waals surface area contributed by atoms with Crippen LogP contribution in [0.2, 0.25) is 0 Å². The van der Waals surface area contributed by atoms with Crippen molar-refractivity contribution in [1.82, 2.24) is 14.6 Å². The number of carbonyl (C=O) groups excluding carboxylic acids is 4. The van der Waals surface area contributed by atoms with Crippen molar-refractivity contribution in [2.75, 3.05) is 20.8 Å². The molecule has 1 aromatic heterocycles. The molecule has 6 rings (SSSR count). The third-order valence-corrected chi connectivity index (χ3v) is 14.3. The van der Waals surface area contributed by atoms with Crippen LogP contribution >= 0.6 is 0 Å². The van der Waals surface area contributed by atoms with Crippen LogP contribution in [0.25, 0.3) is 10.8 Å². The minimum absolute atomic E-state index is 0.00550. The highest BCUT2D eigenvalue weighted by atomic mass is 32.2. The van der Waals surface area contributed by atoms with Gasteiger partial charge in [-0.3, -0.25) is 23.9 Å². The van der Waals surface area contributed by atoms with E-state index in [1.54, 1.807) is 24.4 Å². The molecule has 13 nitrogen and oxygen atoms in total. The third-order valence-electron chi connectivity index (χ3n) is 12.5. The first-order valence-corrected chi connectivity index (χ1v) is 21.6. The van der Waals surface area contributed by atoms with Gasteiger partial charge in [-0.25, -0.2) is 22.2 Å². The lowest BCUT2D eigenvalue weighted by Crippen LogP contribution is -2.48. The maximum atomic E-state index is 14.9. The van der Waals surface area contributed by atoms with Crippen LogP contribution in [0, 0.1) is 29.1 Å². The molecule has 318 valence electrons. The first-order valence-electron chi connectivity index (χ1n) is 20.0. The quantitative estimate of drug-likeness (QED) is 0.203. The Morgan fingerprint density at radius 1 is 1.03 bits per heavy atom. The van der Waals surface area contributed by atoms with E-state index in [0.29, 0.717) is 55.9 Å². The standard InChI is InChI=1S/C42H55F2N3O10S/c1-24-10-8-9-11-27-21-42(27,39(51)46-58(52,53)29-12-13-29)22-33(48)32-18-28(56-37-31-19-35(55-7)34(54-6)17-26(31)14-15-45-37)23-47(32)38(50)30(25(2)16-24)20-36(49)57-40(3,4)41(5,43)44/h9,11,14-15,17,19,24-25,27-30,32H,8,10,12-13,16,18,20-23H2,1-7H3,(H,46,51)/b11-9-/t24-,25+,27+,28+,30-,32-,42+/m0/s1. The SMILES string of the molecule is COc1cc2ccnc(O[C@@H]3C[C@H]4C(=O)C[C@]5(C(=O)NS(=O)(=O)C6CC6)C[C@H]5/C=C\CC[C@H](C)C[C@@H](C)[C@H](CC(=O)OC(C)(C)C(C)(F)F)C(=O)N4C3)c2cc1OC. The third kappa shape index (κ3) is 9.11. The van der Waals surface area contributed by atoms with Crippen LogP contribution in [0.1, 0.15) is 92.4 Å². The van der Waals surface area contributed by atoms with E-state index in [2.05, 4.69) is 9.71 Å². The maximum absolute atomic E-state index is 14.9. The van der Waals surface area contributed by atoms with Crippen LogP contribution in [0.5, 0.6) is 17.4 Å². The smallest absolute Gasteiger partial charge is 0.307 e. The molecule has 0 radical (unpaired) electrons. The summed E-state index contributed by atoms with van der Waals surface area (Å²) in [5.41, 5.74) is -3.49. The van der Waals surface area contributed by atoms with Gasteiger partial charge < -0.3 is 23.8 Å². The van der Waals surface area contributed by atoms with Gasteiger partial charge in [-0.2, -0.15) is 0 Å². The van der Waals surface area contributed by atoms with Crippen LogP contribution in [-0.2, 0) is 33.9 Å². The highest BCUT2D eigenvalue weighted by molar-refractivity contribution is 7.90. The Labute approximate surface area is 338 Å². The number of Topliss-reactive ketones (excluding diaryl/α,β-unsaturated/α-hetero) is 1. The second-order valence-electron chi connectivity index (χ2n) is 17.3. The van der Waals surface area contributed by atoms with E-state index in [9.17, 15) is 36.4 Å². The Morgan fingerprint density at radius 3 is 2.38 bits per heavy atom. The molecule has 3 heterocycles. The zero-order valence-corrected chi connectivity index (χ0v) is 35.0. The molecule has 1 saturated heterocycles. The molecule has 0 spiro atoms. The van der Waals surface area contributed by atoms with Crippen LogP contribution in [0.4, 0.5) is 8.78 Å². The molecule has 3 fully saturated rings. The molecule has 4 aliphatic rings. The number of aromatic nitrogens is 1. The number of methoxy groups -OCH3 is 2. The molecule has 1 N–H and O–H groups in total. The van der Waals surface area contributed by atoms with Gasteiger partial charge in [0.25, 0.3) is 5.92 Å². The van der Waals surface area contributed by atoms with Crippen molar-refractivity contribution in [2.24, 2.45) is 29.1 Å². The van der Waals surface area contributed by atoms with Gasteiger partial charge in [0, 0.05) is 31.3 Å². The van der Waals surface area contributed by atoms with Gasteiger partial charge in [0.1, 0.15) is 6.10 Å². The number of hydrogen-bond donors (Lipinski definition) is 1. The number of sulfonamides is 1. The largest absolute Gasteiger partial charge is 0.493 e. The topological polar surface area (TPSA) is 167 Å². The summed E-state index contributed by atoms with van der Waals surface area (Å²) in [6, 6.07) is 4.13. The number of esters is 1. The van der Waals surface area contributed by atoms with Gasteiger partial charge in [-0.15, -0.1) is 0 Å². The number of allylic oxidation sites excluding steroid dienone is 2. The number of alkyl halides is 2. The van der Waals surface area contributed by atoms with Gasteiger partial charge in [0.2, 0.25) is 27.7 Å². The van der Waals surface area contributed by atoms with Crippen molar-refractivity contribution in [1.29, 1.82) is 0 Å². The van der Waals surface area contributed by atoms with E-state index in [1.807, 2.05) is 26.0 Å². The van der Waals surface area contributed by atoms with Crippen molar-refractivity contribution in [3.05, 3.63) is 36.5 Å². The molecule has 58 heavy (non-hydrogen) atoms. The lowest BCUT2D eigenvalue weighted by atomic mass is 9.82. The summed E-state index contributed by atoms with van der Waals surface area (Å²) in [5.74, 6) is -6.75. The van der Waals surface area contributed by atoms with Crippen molar-refractivity contribution in [3.63, 3.8) is 0 Å². The van der Waals surface area contributed by atoms with Crippen LogP contribution in [0.15, 0.2) is 36.5 Å². The van der Waals surface area contributed by atoms with Gasteiger partial charge in [-0.1, -0.05) is 26.0 Å². The van der Waals surface area contributed by atoms with E-state index in [-0.39, 0.29) is 37.6 Å². The number of halogens is 2. The van der Waals surface area contributed by atoms with Crippen LogP contribution in [0.3, 0.4) is 0 Å². The van der Waals surface area contributed by atoms with Gasteiger partial charge in [-0.05, 0) is 93.7 Å². The summed E-state index contributed by atoms with van der Waals surface area (Å²) in [6.07, 6.45) is 6.78. The first-order chi connectivity index (χ1) is 27.2. The Balaban J connectivity index is 1.36. The van der Waals surface area contributed by atoms with Crippen LogP contribution < -0.4 is 18.9 Å². The summed E-state index contributed by atoms with van der Waals surface area (Å²) in [5, 5.41) is 0.664. The number of amides is 2. The van der Waals surface area contributed by atoms with Crippen molar-refractivity contribution < 1.29 is 55.3 Å². The number of hydrogen-bond acceptors (Lipinski definition) is 11. The number of nitrogens with zero attached hydrogens (tertiary/aromatic N) is 2. The van der Waals surface area contributed by atoms with Crippen molar-refractivity contribution in [2.45, 2.75) is 121 Å². The monoisotopic (exact) mass is 831 g/mol. The number of benzene rings is 1. The minimum atomic E-state index is -3.92. The van der Waals surface area contributed by atoms with E-state index < -0.39 is 92.1 Å². The zero-order valence-electron chi connectivity index (χ0n) is 34.2. The van der Waals surface area contributed by atoms with E-state index in [4.69, 9.17) is 18.9 Å². The lowest BCUT2D eigenvalue weighted by molar-refractivity contribution is -0.197. The van der Waals surface area contributed by atoms with E-state index in [1.165, 1.54) is 19.1 Å². The Bertz CT molecular complexity index is 2070. The summed E-state index contributed by atoms with van der Waals surface area (Å²) >= 11 is 0. The molecule has 0 unspecified atom stereocenters.